The fraction of sp³-hybridized carbons (Fsp3) is 0.133. The van der Waals surface area contributed by atoms with E-state index in [1.54, 1.807) is 0 Å². The highest BCUT2D eigenvalue weighted by Crippen LogP contribution is 2.20. The van der Waals surface area contributed by atoms with Crippen LogP contribution in [0.15, 0.2) is 54.6 Å². The van der Waals surface area contributed by atoms with Crippen molar-refractivity contribution < 1.29 is 5.11 Å². The number of hydrogen-bond donors (Lipinski definition) is 3. The second-order valence-electron chi connectivity index (χ2n) is 4.22. The van der Waals surface area contributed by atoms with Gasteiger partial charge in [-0.25, -0.2) is 0 Å². The van der Waals surface area contributed by atoms with E-state index in [2.05, 4.69) is 10.6 Å². The first kappa shape index (κ1) is 13.5. The van der Waals surface area contributed by atoms with Gasteiger partial charge in [-0.15, -0.1) is 0 Å². The Balaban J connectivity index is 2.08. The molecule has 2 aromatic rings. The van der Waals surface area contributed by atoms with Crippen LogP contribution in [0.3, 0.4) is 0 Å². The van der Waals surface area contributed by atoms with E-state index in [4.69, 9.17) is 12.2 Å². The Morgan fingerprint density at radius 1 is 1.05 bits per heavy atom. The molecule has 0 amide bonds. The summed E-state index contributed by atoms with van der Waals surface area (Å²) in [6.07, 6.45) is -0.731. The number of aliphatic hydroxyl groups excluding tert-OH is 1. The summed E-state index contributed by atoms with van der Waals surface area (Å²) in [6, 6.07) is 17.1. The molecule has 0 saturated heterocycles. The fourth-order valence-corrected chi connectivity index (χ4v) is 1.88. The maximum absolute atomic E-state index is 10.1. The van der Waals surface area contributed by atoms with E-state index in [9.17, 15) is 5.11 Å². The van der Waals surface area contributed by atoms with Gasteiger partial charge in [-0.05, 0) is 25.1 Å². The average molecular weight is 272 g/mol. The van der Waals surface area contributed by atoms with Gasteiger partial charge in [0.2, 0.25) is 0 Å². The van der Waals surface area contributed by atoms with Gasteiger partial charge in [0.15, 0.2) is 6.23 Å². The van der Waals surface area contributed by atoms with Gasteiger partial charge in [-0.3, -0.25) is 0 Å². The van der Waals surface area contributed by atoms with E-state index in [0.717, 1.165) is 16.9 Å². The van der Waals surface area contributed by atoms with Crippen LogP contribution < -0.4 is 10.6 Å². The zero-order valence-electron chi connectivity index (χ0n) is 10.6. The molecule has 3 N–H and O–H groups in total. The third kappa shape index (κ3) is 4.05. The van der Waals surface area contributed by atoms with E-state index in [0.29, 0.717) is 4.99 Å². The van der Waals surface area contributed by atoms with E-state index in [-0.39, 0.29) is 0 Å². The lowest BCUT2D eigenvalue weighted by molar-refractivity contribution is 0.208. The quantitative estimate of drug-likeness (QED) is 0.588. The molecule has 0 bridgehead atoms. The lowest BCUT2D eigenvalue weighted by Gasteiger charge is -2.15. The second kappa shape index (κ2) is 6.31. The minimum atomic E-state index is -0.731. The summed E-state index contributed by atoms with van der Waals surface area (Å²) in [5, 5.41) is 16.2. The summed E-state index contributed by atoms with van der Waals surface area (Å²) < 4.78 is 0. The maximum Gasteiger partial charge on any atom is 0.150 e. The van der Waals surface area contributed by atoms with E-state index in [1.807, 2.05) is 61.5 Å². The summed E-state index contributed by atoms with van der Waals surface area (Å²) in [5.41, 5.74) is 2.56. The third-order valence-electron chi connectivity index (χ3n) is 2.60. The summed E-state index contributed by atoms with van der Waals surface area (Å²) in [7, 11) is 0. The molecule has 0 heterocycles. The van der Waals surface area contributed by atoms with Crippen molar-refractivity contribution in [2.45, 2.75) is 13.2 Å². The van der Waals surface area contributed by atoms with Crippen molar-refractivity contribution in [2.24, 2.45) is 0 Å². The normalized spacial score (nSPS) is 11.7. The Hall–Kier alpha value is -1.91. The molecule has 2 aromatic carbocycles. The van der Waals surface area contributed by atoms with Gasteiger partial charge in [-0.2, -0.15) is 0 Å². The molecule has 0 saturated carbocycles. The molecule has 0 aromatic heterocycles. The zero-order chi connectivity index (χ0) is 13.7. The summed E-state index contributed by atoms with van der Waals surface area (Å²) in [5.74, 6) is 0. The molecular weight excluding hydrogens is 256 g/mol. The lowest BCUT2D eigenvalue weighted by atomic mass is 10.2. The molecule has 0 aliphatic heterocycles. The van der Waals surface area contributed by atoms with Gasteiger partial charge >= 0.3 is 0 Å². The number of anilines is 2. The minimum absolute atomic E-state index is 0.709. The Morgan fingerprint density at radius 2 is 1.74 bits per heavy atom. The molecular formula is C15H16N2OS. The number of hydrogen-bond acceptors (Lipinski definition) is 3. The van der Waals surface area contributed by atoms with Gasteiger partial charge in [0, 0.05) is 16.9 Å². The Morgan fingerprint density at radius 3 is 2.42 bits per heavy atom. The zero-order valence-corrected chi connectivity index (χ0v) is 11.4. The van der Waals surface area contributed by atoms with Crippen LogP contribution in [0.2, 0.25) is 0 Å². The van der Waals surface area contributed by atoms with Crippen LogP contribution in [0.4, 0.5) is 11.4 Å². The number of nitrogens with one attached hydrogen (secondary N) is 2. The highest BCUT2D eigenvalue weighted by Gasteiger charge is 2.06. The predicted octanol–water partition coefficient (Wildman–Crippen LogP) is 3.55. The molecule has 4 heteroatoms. The SMILES string of the molecule is CC(=S)Nc1cccc(NC(O)c2ccccc2)c1. The van der Waals surface area contributed by atoms with Gasteiger partial charge in [0.25, 0.3) is 0 Å². The van der Waals surface area contributed by atoms with E-state index < -0.39 is 6.23 Å². The molecule has 1 unspecified atom stereocenters. The summed E-state index contributed by atoms with van der Waals surface area (Å²) in [4.78, 5) is 0.709. The highest BCUT2D eigenvalue weighted by atomic mass is 32.1. The van der Waals surface area contributed by atoms with E-state index >= 15 is 0 Å². The first-order valence-electron chi connectivity index (χ1n) is 6.02. The number of aliphatic hydroxyl groups is 1. The Kier molecular flexibility index (Phi) is 4.49. The van der Waals surface area contributed by atoms with Crippen LogP contribution in [0.5, 0.6) is 0 Å². The lowest BCUT2D eigenvalue weighted by Crippen LogP contribution is -2.10. The topological polar surface area (TPSA) is 44.3 Å². The molecule has 0 aliphatic carbocycles. The monoisotopic (exact) mass is 272 g/mol. The van der Waals surface area contributed by atoms with Crippen molar-refractivity contribution >= 4 is 28.6 Å². The van der Waals surface area contributed by atoms with Gasteiger partial charge in [-0.1, -0.05) is 48.6 Å². The largest absolute Gasteiger partial charge is 0.369 e. The van der Waals surface area contributed by atoms with Crippen molar-refractivity contribution in [3.05, 3.63) is 60.2 Å². The summed E-state index contributed by atoms with van der Waals surface area (Å²) in [6.45, 7) is 1.83. The third-order valence-corrected chi connectivity index (χ3v) is 2.70. The highest BCUT2D eigenvalue weighted by molar-refractivity contribution is 7.80. The Bertz CT molecular complexity index is 557. The van der Waals surface area contributed by atoms with Crippen molar-refractivity contribution in [1.29, 1.82) is 0 Å². The molecule has 0 radical (unpaired) electrons. The van der Waals surface area contributed by atoms with Crippen molar-refractivity contribution in [2.75, 3.05) is 10.6 Å². The summed E-state index contributed by atoms with van der Waals surface area (Å²) >= 11 is 5.00. The van der Waals surface area contributed by atoms with Crippen molar-refractivity contribution in [3.63, 3.8) is 0 Å². The Labute approximate surface area is 118 Å². The molecule has 19 heavy (non-hydrogen) atoms. The molecule has 1 atom stereocenters. The van der Waals surface area contributed by atoms with Crippen LogP contribution in [0, 0.1) is 0 Å². The van der Waals surface area contributed by atoms with Crippen LogP contribution in [0.25, 0.3) is 0 Å². The predicted molar refractivity (Wildman–Crippen MR) is 83.4 cm³/mol. The fourth-order valence-electron chi connectivity index (χ4n) is 1.77. The van der Waals surface area contributed by atoms with Gasteiger partial charge in [0.1, 0.15) is 0 Å². The number of thiocarbonyl (C=S) groups is 1. The maximum atomic E-state index is 10.1. The first-order chi connectivity index (χ1) is 9.15. The second-order valence-corrected chi connectivity index (χ2v) is 4.83. The number of benzene rings is 2. The van der Waals surface area contributed by atoms with Crippen LogP contribution in [-0.4, -0.2) is 10.1 Å². The molecule has 0 fully saturated rings. The van der Waals surface area contributed by atoms with E-state index in [1.165, 1.54) is 0 Å². The number of rotatable bonds is 4. The van der Waals surface area contributed by atoms with Gasteiger partial charge < -0.3 is 15.7 Å². The van der Waals surface area contributed by atoms with Crippen molar-refractivity contribution in [1.82, 2.24) is 0 Å². The van der Waals surface area contributed by atoms with Crippen LogP contribution >= 0.6 is 12.2 Å². The molecule has 0 aliphatic rings. The van der Waals surface area contributed by atoms with Crippen LogP contribution in [-0.2, 0) is 0 Å². The molecule has 0 spiro atoms. The minimum Gasteiger partial charge on any atom is -0.369 e. The molecule has 98 valence electrons. The standard InChI is InChI=1S/C15H16N2OS/c1-11(19)16-13-8-5-9-14(10-13)17-15(18)12-6-3-2-4-7-12/h2-10,15,17-18H,1H3,(H,16,19). The molecule has 2 rings (SSSR count). The van der Waals surface area contributed by atoms with Crippen molar-refractivity contribution in [3.8, 4) is 0 Å². The van der Waals surface area contributed by atoms with Crippen LogP contribution in [0.1, 0.15) is 18.7 Å². The molecule has 3 nitrogen and oxygen atoms in total. The van der Waals surface area contributed by atoms with Gasteiger partial charge in [0.05, 0.1) is 4.99 Å². The first-order valence-corrected chi connectivity index (χ1v) is 6.43. The smallest absolute Gasteiger partial charge is 0.150 e. The average Bonchev–Trinajstić information content (AvgIpc) is 2.39.